The molecule has 1 unspecified atom stereocenters. The number of likely N-dealkylation sites (tertiary alicyclic amines) is 1. The average Bonchev–Trinajstić information content (AvgIpc) is 3.19. The summed E-state index contributed by atoms with van der Waals surface area (Å²) in [5, 5.41) is 9.64. The summed E-state index contributed by atoms with van der Waals surface area (Å²) in [6, 6.07) is -0.148. The van der Waals surface area contributed by atoms with Crippen molar-refractivity contribution in [2.45, 2.75) is 74.7 Å². The Morgan fingerprint density at radius 1 is 0.971 bits per heavy atom. The molecule has 2 aliphatic carbocycles. The first kappa shape index (κ1) is 27.9. The molecule has 1 heterocycles. The van der Waals surface area contributed by atoms with E-state index in [0.29, 0.717) is 6.08 Å². The maximum absolute atomic E-state index is 15.0. The highest BCUT2D eigenvalue weighted by Gasteiger charge is 2.73. The maximum Gasteiger partial charge on any atom is 0.430 e. The number of sulfone groups is 1. The molecule has 0 bridgehead atoms. The second-order valence-electron chi connectivity index (χ2n) is 9.26. The molecule has 0 spiro atoms. The molecule has 0 saturated carbocycles. The molecule has 3 aliphatic rings. The summed E-state index contributed by atoms with van der Waals surface area (Å²) in [5.41, 5.74) is -7.50. The van der Waals surface area contributed by atoms with Crippen LogP contribution in [-0.2, 0) is 9.84 Å². The number of halogens is 8. The first-order valence-corrected chi connectivity index (χ1v) is 12.4. The first-order valence-electron chi connectivity index (χ1n) is 10.9. The summed E-state index contributed by atoms with van der Waals surface area (Å²) in [6.07, 6.45) is -12.3. The van der Waals surface area contributed by atoms with Gasteiger partial charge in [0.1, 0.15) is 16.4 Å². The summed E-state index contributed by atoms with van der Waals surface area (Å²) in [4.78, 5) is 1.62. The van der Waals surface area contributed by atoms with Crippen LogP contribution in [0.4, 0.5) is 35.1 Å². The number of hydrogen-bond acceptors (Lipinski definition) is 4. The van der Waals surface area contributed by atoms with E-state index in [1.165, 1.54) is 0 Å². The highest BCUT2D eigenvalue weighted by molar-refractivity contribution is 7.96. The van der Waals surface area contributed by atoms with Crippen molar-refractivity contribution >= 4 is 9.84 Å². The van der Waals surface area contributed by atoms with Gasteiger partial charge in [0.2, 0.25) is 0 Å². The van der Waals surface area contributed by atoms with Crippen molar-refractivity contribution in [3.8, 4) is 0 Å². The van der Waals surface area contributed by atoms with Gasteiger partial charge >= 0.3 is 12.4 Å². The third-order valence-corrected chi connectivity index (χ3v) is 9.64. The first-order chi connectivity index (χ1) is 15.9. The number of nitrogens with zero attached hydrogens (tertiary/aromatic N) is 1. The molecule has 1 aliphatic heterocycles. The van der Waals surface area contributed by atoms with E-state index in [0.717, 1.165) is 12.2 Å². The van der Waals surface area contributed by atoms with Gasteiger partial charge in [-0.25, -0.2) is 17.2 Å². The van der Waals surface area contributed by atoms with E-state index >= 15 is 0 Å². The molecule has 0 aromatic heterocycles. The lowest BCUT2D eigenvalue weighted by molar-refractivity contribution is -0.353. The molecule has 0 amide bonds. The van der Waals surface area contributed by atoms with Gasteiger partial charge in [0.05, 0.1) is 0 Å². The molecule has 35 heavy (non-hydrogen) atoms. The van der Waals surface area contributed by atoms with E-state index in [-0.39, 0.29) is 48.9 Å². The van der Waals surface area contributed by atoms with Crippen LogP contribution in [-0.4, -0.2) is 60.3 Å². The molecular formula is C22H25F8NO3S. The van der Waals surface area contributed by atoms with E-state index in [1.54, 1.807) is 18.7 Å². The van der Waals surface area contributed by atoms with Crippen LogP contribution >= 0.6 is 0 Å². The second-order valence-corrected chi connectivity index (χ2v) is 11.6. The molecule has 1 saturated heterocycles. The van der Waals surface area contributed by atoms with Gasteiger partial charge in [-0.1, -0.05) is 0 Å². The quantitative estimate of drug-likeness (QED) is 0.467. The molecule has 1 N–H and O–H groups in total. The number of aliphatic hydroxyl groups is 1. The van der Waals surface area contributed by atoms with Gasteiger partial charge in [-0.3, -0.25) is 4.90 Å². The van der Waals surface area contributed by atoms with Crippen LogP contribution in [0.3, 0.4) is 0 Å². The van der Waals surface area contributed by atoms with Crippen molar-refractivity contribution < 1.29 is 48.6 Å². The van der Waals surface area contributed by atoms with Crippen molar-refractivity contribution in [2.24, 2.45) is 0 Å². The van der Waals surface area contributed by atoms with Crippen molar-refractivity contribution in [2.75, 3.05) is 13.1 Å². The van der Waals surface area contributed by atoms with Crippen LogP contribution in [0, 0.1) is 0 Å². The number of alkyl halides is 6. The van der Waals surface area contributed by atoms with Gasteiger partial charge in [-0.05, 0) is 63.3 Å². The normalized spacial score (nSPS) is 25.7. The minimum absolute atomic E-state index is 0.0751. The van der Waals surface area contributed by atoms with Gasteiger partial charge in [-0.15, -0.1) is 0 Å². The molecular weight excluding hydrogens is 510 g/mol. The summed E-state index contributed by atoms with van der Waals surface area (Å²) in [6.45, 7) is 3.63. The molecule has 1 atom stereocenters. The van der Waals surface area contributed by atoms with Crippen molar-refractivity contribution in [1.29, 1.82) is 0 Å². The average molecular weight is 535 g/mol. The Labute approximate surface area is 197 Å². The maximum atomic E-state index is 15.0. The molecule has 0 radical (unpaired) electrons. The highest BCUT2D eigenvalue weighted by atomic mass is 32.2. The zero-order valence-corrected chi connectivity index (χ0v) is 19.7. The van der Waals surface area contributed by atoms with E-state index in [4.69, 9.17) is 0 Å². The number of allylic oxidation sites excluding steroid dienone is 6. The van der Waals surface area contributed by atoms with Crippen molar-refractivity contribution in [3.63, 3.8) is 0 Å². The molecule has 3 rings (SSSR count). The van der Waals surface area contributed by atoms with Crippen molar-refractivity contribution in [1.82, 2.24) is 4.90 Å². The predicted octanol–water partition coefficient (Wildman–Crippen LogP) is 5.58. The summed E-state index contributed by atoms with van der Waals surface area (Å²) >= 11 is 0. The van der Waals surface area contributed by atoms with Gasteiger partial charge < -0.3 is 5.11 Å². The SMILES string of the molecule is CC(C)N1CCC(C2=CC(F)=C(C(O)(C(F)(F)F)C(F)(F)F)CC2)(S(=O)(=O)C2=CC=C(F)CC2)C1. The third-order valence-electron chi connectivity index (χ3n) is 6.99. The second kappa shape index (κ2) is 8.98. The minimum atomic E-state index is -6.25. The fourth-order valence-corrected chi connectivity index (χ4v) is 7.20. The Bertz CT molecular complexity index is 1080. The molecule has 0 aromatic carbocycles. The Kier molecular flexibility index (Phi) is 7.15. The molecule has 1 fully saturated rings. The van der Waals surface area contributed by atoms with Gasteiger partial charge in [-0.2, -0.15) is 26.3 Å². The Morgan fingerprint density at radius 2 is 1.57 bits per heavy atom. The van der Waals surface area contributed by atoms with E-state index in [2.05, 4.69) is 0 Å². The molecule has 13 heteroatoms. The lowest BCUT2D eigenvalue weighted by atomic mass is 9.80. The van der Waals surface area contributed by atoms with Crippen LogP contribution in [0.1, 0.15) is 46.0 Å². The van der Waals surface area contributed by atoms with E-state index in [1.807, 2.05) is 0 Å². The van der Waals surface area contributed by atoms with E-state index in [9.17, 15) is 48.6 Å². The number of rotatable bonds is 5. The van der Waals surface area contributed by atoms with E-state index < -0.39 is 62.6 Å². The minimum Gasteiger partial charge on any atom is -0.370 e. The zero-order chi connectivity index (χ0) is 26.6. The van der Waals surface area contributed by atoms with Crippen molar-refractivity contribution in [3.05, 3.63) is 45.9 Å². The fraction of sp³-hybridized carbons (Fsp3) is 0.636. The van der Waals surface area contributed by atoms with Gasteiger partial charge in [0.15, 0.2) is 9.84 Å². The van der Waals surface area contributed by atoms with Crippen LogP contribution in [0.15, 0.2) is 45.9 Å². The summed E-state index contributed by atoms with van der Waals surface area (Å²) in [7, 11) is -4.30. The summed E-state index contributed by atoms with van der Waals surface area (Å²) in [5.74, 6) is -2.51. The largest absolute Gasteiger partial charge is 0.430 e. The predicted molar refractivity (Wildman–Crippen MR) is 112 cm³/mol. The zero-order valence-electron chi connectivity index (χ0n) is 18.9. The third kappa shape index (κ3) is 4.48. The van der Waals surface area contributed by atoms with Gasteiger partial charge in [0.25, 0.3) is 5.60 Å². The molecule has 198 valence electrons. The monoisotopic (exact) mass is 535 g/mol. The van der Waals surface area contributed by atoms with Crippen LogP contribution in [0.5, 0.6) is 0 Å². The van der Waals surface area contributed by atoms with Crippen LogP contribution < -0.4 is 0 Å². The van der Waals surface area contributed by atoms with Crippen LogP contribution in [0.2, 0.25) is 0 Å². The standard InChI is InChI=1S/C22H25F8NO3S/c1-13(2)31-10-9-19(12-31,35(33,34)16-6-4-15(23)5-7-16)14-3-8-17(18(24)11-14)20(32,21(25,26)27)22(28,29)30/h4,6,11,13,32H,3,5,7-10,12H2,1-2H3. The van der Waals surface area contributed by atoms with Crippen LogP contribution in [0.25, 0.3) is 0 Å². The van der Waals surface area contributed by atoms with Gasteiger partial charge in [0, 0.05) is 36.0 Å². The summed E-state index contributed by atoms with van der Waals surface area (Å²) < 4.78 is 134. The molecule has 4 nitrogen and oxygen atoms in total. The topological polar surface area (TPSA) is 57.6 Å². The lowest BCUT2D eigenvalue weighted by Gasteiger charge is -2.39. The fourth-order valence-electron chi connectivity index (χ4n) is 4.88. The Hall–Kier alpha value is -1.73. The highest BCUT2D eigenvalue weighted by Crippen LogP contribution is 2.53. The Balaban J connectivity index is 2.18. The smallest absolute Gasteiger partial charge is 0.370 e. The lowest BCUT2D eigenvalue weighted by Crippen LogP contribution is -2.58. The Morgan fingerprint density at radius 3 is 2.00 bits per heavy atom. The number of hydrogen-bond donors (Lipinski definition) is 1. The molecule has 0 aromatic rings.